The van der Waals surface area contributed by atoms with E-state index < -0.39 is 0 Å². The molecule has 1 aliphatic heterocycles. The number of aryl methyl sites for hydroxylation is 1. The highest BCUT2D eigenvalue weighted by Gasteiger charge is 2.34. The summed E-state index contributed by atoms with van der Waals surface area (Å²) in [6.07, 6.45) is 2.15. The average Bonchev–Trinajstić information content (AvgIpc) is 3.19. The van der Waals surface area contributed by atoms with Crippen molar-refractivity contribution < 1.29 is 9.59 Å². The SMILES string of the molecule is CCC(=O)N(CC(=O)N1CCc2sccc2[C@H]1c1ccc(C)cc1)[C@H](C)CC. The first-order chi connectivity index (χ1) is 13.5. The van der Waals surface area contributed by atoms with Gasteiger partial charge < -0.3 is 9.80 Å². The van der Waals surface area contributed by atoms with Crippen LogP contribution in [0, 0.1) is 6.92 Å². The Bertz CT molecular complexity index is 827. The van der Waals surface area contributed by atoms with Crippen LogP contribution in [0.25, 0.3) is 0 Å². The normalized spacial score (nSPS) is 17.1. The zero-order chi connectivity index (χ0) is 20.3. The van der Waals surface area contributed by atoms with E-state index >= 15 is 0 Å². The van der Waals surface area contributed by atoms with Crippen molar-refractivity contribution in [3.63, 3.8) is 0 Å². The first-order valence-electron chi connectivity index (χ1n) is 10.2. The van der Waals surface area contributed by atoms with Crippen LogP contribution in [0.4, 0.5) is 0 Å². The smallest absolute Gasteiger partial charge is 0.243 e. The van der Waals surface area contributed by atoms with Crippen LogP contribution < -0.4 is 0 Å². The van der Waals surface area contributed by atoms with E-state index in [-0.39, 0.29) is 30.4 Å². The lowest BCUT2D eigenvalue weighted by atomic mass is 9.92. The predicted molar refractivity (Wildman–Crippen MR) is 115 cm³/mol. The third kappa shape index (κ3) is 4.14. The Morgan fingerprint density at radius 2 is 1.93 bits per heavy atom. The van der Waals surface area contributed by atoms with Gasteiger partial charge in [-0.05, 0) is 49.3 Å². The third-order valence-electron chi connectivity index (χ3n) is 5.73. The van der Waals surface area contributed by atoms with Crippen LogP contribution in [-0.4, -0.2) is 40.7 Å². The Kier molecular flexibility index (Phi) is 6.55. The second-order valence-corrected chi connectivity index (χ2v) is 8.58. The summed E-state index contributed by atoms with van der Waals surface area (Å²) in [6, 6.07) is 10.6. The lowest BCUT2D eigenvalue weighted by Gasteiger charge is -2.38. The van der Waals surface area contributed by atoms with E-state index in [0.717, 1.165) is 18.4 Å². The number of amides is 2. The minimum atomic E-state index is -0.0707. The highest BCUT2D eigenvalue weighted by Crippen LogP contribution is 2.38. The second kappa shape index (κ2) is 8.91. The van der Waals surface area contributed by atoms with E-state index in [1.165, 1.54) is 16.0 Å². The van der Waals surface area contributed by atoms with E-state index in [1.54, 1.807) is 16.2 Å². The van der Waals surface area contributed by atoms with Gasteiger partial charge in [0.05, 0.1) is 6.04 Å². The Morgan fingerprint density at radius 1 is 1.21 bits per heavy atom. The van der Waals surface area contributed by atoms with Gasteiger partial charge in [0.25, 0.3) is 0 Å². The van der Waals surface area contributed by atoms with Crippen LogP contribution in [-0.2, 0) is 16.0 Å². The topological polar surface area (TPSA) is 40.6 Å². The van der Waals surface area contributed by atoms with Crippen molar-refractivity contribution in [1.29, 1.82) is 0 Å². The van der Waals surface area contributed by atoms with E-state index in [0.29, 0.717) is 13.0 Å². The average molecular weight is 399 g/mol. The molecule has 0 fully saturated rings. The Morgan fingerprint density at radius 3 is 2.57 bits per heavy atom. The number of hydrogen-bond donors (Lipinski definition) is 0. The maximum absolute atomic E-state index is 13.4. The number of hydrogen-bond acceptors (Lipinski definition) is 3. The molecule has 1 aliphatic rings. The van der Waals surface area contributed by atoms with Crippen molar-refractivity contribution in [2.45, 2.75) is 59.0 Å². The molecule has 1 aromatic carbocycles. The first kappa shape index (κ1) is 20.6. The van der Waals surface area contributed by atoms with Crippen molar-refractivity contribution >= 4 is 23.2 Å². The molecule has 2 atom stereocenters. The maximum atomic E-state index is 13.4. The zero-order valence-corrected chi connectivity index (χ0v) is 18.1. The predicted octanol–water partition coefficient (Wildman–Crippen LogP) is 4.57. The van der Waals surface area contributed by atoms with E-state index in [2.05, 4.69) is 49.6 Å². The third-order valence-corrected chi connectivity index (χ3v) is 6.73. The molecule has 0 unspecified atom stereocenters. The van der Waals surface area contributed by atoms with Crippen LogP contribution >= 0.6 is 11.3 Å². The molecular formula is C23H30N2O2S. The summed E-state index contributed by atoms with van der Waals surface area (Å²) in [5.74, 6) is 0.0762. The molecule has 2 amide bonds. The number of carbonyl (C=O) groups excluding carboxylic acids is 2. The van der Waals surface area contributed by atoms with Gasteiger partial charge in [0, 0.05) is 23.9 Å². The van der Waals surface area contributed by atoms with Gasteiger partial charge >= 0.3 is 0 Å². The first-order valence-corrected chi connectivity index (χ1v) is 11.1. The summed E-state index contributed by atoms with van der Waals surface area (Å²) in [4.78, 5) is 30.9. The molecule has 1 aromatic heterocycles. The number of rotatable bonds is 6. The molecule has 0 saturated heterocycles. The molecule has 2 heterocycles. The lowest BCUT2D eigenvalue weighted by Crippen LogP contribution is -2.49. The molecule has 150 valence electrons. The summed E-state index contributed by atoms with van der Waals surface area (Å²) in [5.41, 5.74) is 3.57. The summed E-state index contributed by atoms with van der Waals surface area (Å²) in [6.45, 7) is 8.85. The largest absolute Gasteiger partial charge is 0.331 e. The number of nitrogens with zero attached hydrogens (tertiary/aromatic N) is 2. The van der Waals surface area contributed by atoms with Gasteiger partial charge in [0.15, 0.2) is 0 Å². The van der Waals surface area contributed by atoms with E-state index in [9.17, 15) is 9.59 Å². The van der Waals surface area contributed by atoms with Gasteiger partial charge in [-0.25, -0.2) is 0 Å². The molecule has 28 heavy (non-hydrogen) atoms. The van der Waals surface area contributed by atoms with Crippen molar-refractivity contribution in [2.24, 2.45) is 0 Å². The van der Waals surface area contributed by atoms with Gasteiger partial charge in [-0.3, -0.25) is 9.59 Å². The van der Waals surface area contributed by atoms with Crippen LogP contribution in [0.2, 0.25) is 0 Å². The number of carbonyl (C=O) groups is 2. The fourth-order valence-corrected chi connectivity index (χ4v) is 4.75. The van der Waals surface area contributed by atoms with Crippen molar-refractivity contribution in [3.8, 4) is 0 Å². The van der Waals surface area contributed by atoms with Gasteiger partial charge in [0.2, 0.25) is 11.8 Å². The standard InChI is InChI=1S/C23H30N2O2S/c1-5-17(4)25(21(26)6-2)15-22(27)24-13-11-20-19(12-14-28-20)23(24)18-9-7-16(3)8-10-18/h7-10,12,14,17,23H,5-6,11,13,15H2,1-4H3/t17-,23-/m1/s1. The molecule has 0 N–H and O–H groups in total. The fourth-order valence-electron chi connectivity index (χ4n) is 3.84. The summed E-state index contributed by atoms with van der Waals surface area (Å²) < 4.78 is 0. The molecule has 3 rings (SSSR count). The van der Waals surface area contributed by atoms with Gasteiger partial charge in [-0.2, -0.15) is 0 Å². The van der Waals surface area contributed by atoms with Gasteiger partial charge in [0.1, 0.15) is 6.54 Å². The second-order valence-electron chi connectivity index (χ2n) is 7.58. The van der Waals surface area contributed by atoms with Crippen LogP contribution in [0.1, 0.15) is 61.2 Å². The Labute approximate surface area is 172 Å². The molecule has 0 bridgehead atoms. The van der Waals surface area contributed by atoms with E-state index in [4.69, 9.17) is 0 Å². The molecule has 4 nitrogen and oxygen atoms in total. The minimum absolute atomic E-state index is 0.0320. The molecule has 0 radical (unpaired) electrons. The van der Waals surface area contributed by atoms with Gasteiger partial charge in [-0.1, -0.05) is 43.7 Å². The Balaban J connectivity index is 1.91. The molecule has 2 aromatic rings. The summed E-state index contributed by atoms with van der Waals surface area (Å²) in [7, 11) is 0. The van der Waals surface area contributed by atoms with Crippen molar-refractivity contribution in [1.82, 2.24) is 9.80 Å². The highest BCUT2D eigenvalue weighted by molar-refractivity contribution is 7.10. The lowest BCUT2D eigenvalue weighted by molar-refractivity contribution is -0.143. The van der Waals surface area contributed by atoms with Gasteiger partial charge in [-0.15, -0.1) is 11.3 Å². The number of benzene rings is 1. The monoisotopic (exact) mass is 398 g/mol. The molecule has 0 saturated carbocycles. The minimum Gasteiger partial charge on any atom is -0.331 e. The zero-order valence-electron chi connectivity index (χ0n) is 17.3. The van der Waals surface area contributed by atoms with Crippen LogP contribution in [0.15, 0.2) is 35.7 Å². The molecular weight excluding hydrogens is 368 g/mol. The molecule has 5 heteroatoms. The van der Waals surface area contributed by atoms with Crippen molar-refractivity contribution in [2.75, 3.05) is 13.1 Å². The maximum Gasteiger partial charge on any atom is 0.243 e. The number of fused-ring (bicyclic) bond motifs is 1. The fraction of sp³-hybridized carbons (Fsp3) is 0.478. The molecule has 0 aliphatic carbocycles. The Hall–Kier alpha value is -2.14. The van der Waals surface area contributed by atoms with Crippen LogP contribution in [0.5, 0.6) is 0 Å². The van der Waals surface area contributed by atoms with E-state index in [1.807, 2.05) is 18.7 Å². The van der Waals surface area contributed by atoms with Crippen molar-refractivity contribution in [3.05, 3.63) is 57.3 Å². The molecule has 0 spiro atoms. The summed E-state index contributed by atoms with van der Waals surface area (Å²) in [5, 5.41) is 2.12. The summed E-state index contributed by atoms with van der Waals surface area (Å²) >= 11 is 1.77. The highest BCUT2D eigenvalue weighted by atomic mass is 32.1. The number of thiophene rings is 1. The quantitative estimate of drug-likeness (QED) is 0.715. The van der Waals surface area contributed by atoms with Crippen LogP contribution in [0.3, 0.4) is 0 Å².